The molecule has 1 spiro atoms. The minimum atomic E-state index is -0.128. The number of carbonyl (C=O) groups is 1. The van der Waals surface area contributed by atoms with Crippen molar-refractivity contribution in [3.05, 3.63) is 70.3 Å². The first-order valence-electron chi connectivity index (χ1n) is 15.9. The summed E-state index contributed by atoms with van der Waals surface area (Å²) in [7, 11) is 0. The maximum Gasteiger partial charge on any atom is 0.261 e. The molecule has 6 unspecified atom stereocenters. The van der Waals surface area contributed by atoms with Crippen molar-refractivity contribution >= 4 is 35.1 Å². The second-order valence-electron chi connectivity index (χ2n) is 13.2. The molecule has 6 atom stereocenters. The monoisotopic (exact) mass is 608 g/mol. The maximum atomic E-state index is 13.4. The van der Waals surface area contributed by atoms with Gasteiger partial charge in [-0.1, -0.05) is 43.7 Å². The van der Waals surface area contributed by atoms with Gasteiger partial charge in [0.2, 0.25) is 0 Å². The minimum Gasteiger partial charge on any atom is -0.490 e. The number of aryl methyl sites for hydroxylation is 1. The van der Waals surface area contributed by atoms with Gasteiger partial charge in [-0.05, 0) is 128 Å². The Bertz CT molecular complexity index is 1320. The average Bonchev–Trinajstić information content (AvgIpc) is 3.12. The fourth-order valence-corrected chi connectivity index (χ4v) is 8.63. The van der Waals surface area contributed by atoms with Gasteiger partial charge < -0.3 is 14.7 Å². The lowest BCUT2D eigenvalue weighted by Crippen LogP contribution is -2.49. The smallest absolute Gasteiger partial charge is 0.261 e. The van der Waals surface area contributed by atoms with Gasteiger partial charge in [0, 0.05) is 40.9 Å². The number of nitrogens with zero attached hydrogens (tertiary/aromatic N) is 1. The van der Waals surface area contributed by atoms with Crippen LogP contribution in [0.1, 0.15) is 80.3 Å². The summed E-state index contributed by atoms with van der Waals surface area (Å²) in [5.41, 5.74) is 4.29. The van der Waals surface area contributed by atoms with Crippen LogP contribution >= 0.6 is 23.5 Å². The second-order valence-corrected chi connectivity index (χ2v) is 14.8. The van der Waals surface area contributed by atoms with E-state index in [-0.39, 0.29) is 17.9 Å². The van der Waals surface area contributed by atoms with E-state index >= 15 is 0 Å². The first-order chi connectivity index (χ1) is 20.4. The molecule has 5 nitrogen and oxygen atoms in total. The number of hydrogen-bond donors (Lipinski definition) is 2. The van der Waals surface area contributed by atoms with Gasteiger partial charge in [-0.2, -0.15) is 0 Å². The van der Waals surface area contributed by atoms with Crippen molar-refractivity contribution in [1.29, 1.82) is 0 Å². The summed E-state index contributed by atoms with van der Waals surface area (Å²) in [5, 5.41) is 10.8. The van der Waals surface area contributed by atoms with Gasteiger partial charge in [0.1, 0.15) is 5.75 Å². The number of amides is 1. The fourth-order valence-electron chi connectivity index (χ4n) is 7.68. The quantitative estimate of drug-likeness (QED) is 0.278. The van der Waals surface area contributed by atoms with E-state index in [1.54, 1.807) is 0 Å². The highest BCUT2D eigenvalue weighted by Crippen LogP contribution is 2.48. The normalized spacial score (nSPS) is 32.0. The number of halogens is 1. The molecule has 4 aliphatic rings. The van der Waals surface area contributed by atoms with Crippen LogP contribution in [0.3, 0.4) is 0 Å². The van der Waals surface area contributed by atoms with Crippen molar-refractivity contribution in [3.63, 3.8) is 0 Å². The topological polar surface area (TPSA) is 61.8 Å². The van der Waals surface area contributed by atoms with Gasteiger partial charge >= 0.3 is 0 Å². The lowest BCUT2D eigenvalue weighted by molar-refractivity contribution is 0.0984. The predicted octanol–water partition coefficient (Wildman–Crippen LogP) is 7.59. The SMILES string of the molecule is CC1C/C=C/C(CCCO)C2CCC2CN2CC3(CCCc4cc(Cl)ccc43)COc3ccc(cc32)C(=O)NSC1C. The van der Waals surface area contributed by atoms with E-state index in [1.165, 1.54) is 35.9 Å². The van der Waals surface area contributed by atoms with E-state index < -0.39 is 0 Å². The molecular weight excluding hydrogens is 564 g/mol. The van der Waals surface area contributed by atoms with E-state index in [0.717, 1.165) is 68.1 Å². The highest BCUT2D eigenvalue weighted by molar-refractivity contribution is 7.98. The predicted molar refractivity (Wildman–Crippen MR) is 174 cm³/mol. The number of aliphatic hydroxyl groups excluding tert-OH is 1. The summed E-state index contributed by atoms with van der Waals surface area (Å²) in [6, 6.07) is 12.4. The molecule has 2 heterocycles. The summed E-state index contributed by atoms with van der Waals surface area (Å²) >= 11 is 7.97. The highest BCUT2D eigenvalue weighted by atomic mass is 35.5. The zero-order valence-electron chi connectivity index (χ0n) is 25.0. The average molecular weight is 609 g/mol. The molecular formula is C35H45ClN2O3S. The Balaban J connectivity index is 1.39. The number of benzene rings is 2. The van der Waals surface area contributed by atoms with Crippen molar-refractivity contribution in [2.45, 2.75) is 75.9 Å². The van der Waals surface area contributed by atoms with E-state index in [0.29, 0.717) is 41.1 Å². The van der Waals surface area contributed by atoms with Gasteiger partial charge in [0.15, 0.2) is 0 Å². The highest BCUT2D eigenvalue weighted by Gasteiger charge is 2.44. The Hall–Kier alpha value is -2.15. The summed E-state index contributed by atoms with van der Waals surface area (Å²) in [4.78, 5) is 15.9. The number of anilines is 1. The van der Waals surface area contributed by atoms with Gasteiger partial charge in [-0.3, -0.25) is 9.52 Å². The molecule has 2 bridgehead atoms. The zero-order valence-corrected chi connectivity index (χ0v) is 26.6. The van der Waals surface area contributed by atoms with E-state index in [4.69, 9.17) is 16.3 Å². The minimum absolute atomic E-state index is 0.0494. The largest absolute Gasteiger partial charge is 0.490 e. The molecule has 6 rings (SSSR count). The van der Waals surface area contributed by atoms with Crippen LogP contribution in [0.25, 0.3) is 0 Å². The Labute approximate surface area is 260 Å². The molecule has 2 N–H and O–H groups in total. The lowest BCUT2D eigenvalue weighted by atomic mass is 9.65. The van der Waals surface area contributed by atoms with E-state index in [1.807, 2.05) is 18.2 Å². The molecule has 0 radical (unpaired) electrons. The van der Waals surface area contributed by atoms with Crippen LogP contribution in [0.4, 0.5) is 5.69 Å². The number of aliphatic hydroxyl groups is 1. The molecule has 1 amide bonds. The molecule has 1 saturated carbocycles. The third-order valence-electron chi connectivity index (χ3n) is 10.5. The van der Waals surface area contributed by atoms with Crippen molar-refractivity contribution in [1.82, 2.24) is 4.72 Å². The molecule has 2 aliphatic heterocycles. The van der Waals surface area contributed by atoms with Crippen LogP contribution in [-0.4, -0.2) is 42.6 Å². The molecule has 7 heteroatoms. The van der Waals surface area contributed by atoms with Crippen molar-refractivity contribution < 1.29 is 14.6 Å². The van der Waals surface area contributed by atoms with Crippen molar-refractivity contribution in [2.24, 2.45) is 23.7 Å². The van der Waals surface area contributed by atoms with Gasteiger partial charge in [0.25, 0.3) is 5.91 Å². The maximum absolute atomic E-state index is 13.4. The van der Waals surface area contributed by atoms with Crippen LogP contribution < -0.4 is 14.4 Å². The molecule has 1 fully saturated rings. The number of ether oxygens (including phenoxy) is 1. The van der Waals surface area contributed by atoms with Crippen LogP contribution in [0, 0.1) is 23.7 Å². The van der Waals surface area contributed by atoms with Crippen molar-refractivity contribution in [3.8, 4) is 5.75 Å². The first kappa shape index (κ1) is 29.9. The molecule has 2 aliphatic carbocycles. The summed E-state index contributed by atoms with van der Waals surface area (Å²) in [6.45, 7) is 7.14. The number of fused-ring (bicyclic) bond motifs is 4. The Morgan fingerprint density at radius 3 is 2.88 bits per heavy atom. The van der Waals surface area contributed by atoms with Crippen LogP contribution in [0.15, 0.2) is 48.6 Å². The van der Waals surface area contributed by atoms with Gasteiger partial charge in [-0.25, -0.2) is 0 Å². The molecule has 0 aromatic heterocycles. The molecule has 0 saturated heterocycles. The van der Waals surface area contributed by atoms with Crippen molar-refractivity contribution in [2.75, 3.05) is 31.2 Å². The number of allylic oxidation sites excluding steroid dienone is 2. The number of nitrogens with one attached hydrogen (secondary N) is 1. The summed E-state index contributed by atoms with van der Waals surface area (Å²) in [6.07, 6.45) is 13.4. The Morgan fingerprint density at radius 2 is 2.07 bits per heavy atom. The number of hydrogen-bond acceptors (Lipinski definition) is 5. The number of carbonyl (C=O) groups excluding carboxylic acids is 1. The van der Waals surface area contributed by atoms with E-state index in [2.05, 4.69) is 53.8 Å². The Kier molecular flexibility index (Phi) is 9.14. The molecule has 42 heavy (non-hydrogen) atoms. The lowest BCUT2D eigenvalue weighted by Gasteiger charge is -2.46. The zero-order chi connectivity index (χ0) is 29.3. The third-order valence-corrected chi connectivity index (χ3v) is 11.9. The first-order valence-corrected chi connectivity index (χ1v) is 17.2. The standard InChI is InChI=1S/C35H45ClN2O3S/c1-23-6-3-7-25(9-5-17-39)30-13-10-28(30)20-38-21-35(16-4-8-26-18-29(36)12-14-31(26)35)22-41-33-15-11-27(19-32(33)38)34(40)37-42-24(23)2/h3,7,11-12,14-15,18-19,23-25,28,30,39H,4-6,8-10,13,16-17,20-22H2,1-2H3,(H,37,40)/b7-3+. The second kappa shape index (κ2) is 12.8. The molecule has 2 aromatic carbocycles. The van der Waals surface area contributed by atoms with E-state index in [9.17, 15) is 9.90 Å². The van der Waals surface area contributed by atoms with Crippen LogP contribution in [-0.2, 0) is 11.8 Å². The Morgan fingerprint density at radius 1 is 1.19 bits per heavy atom. The van der Waals surface area contributed by atoms with Crippen LogP contribution in [0.2, 0.25) is 5.02 Å². The summed E-state index contributed by atoms with van der Waals surface area (Å²) < 4.78 is 9.80. The molecule has 2 aromatic rings. The number of rotatable bonds is 3. The van der Waals surface area contributed by atoms with Crippen LogP contribution in [0.5, 0.6) is 5.75 Å². The van der Waals surface area contributed by atoms with Gasteiger partial charge in [-0.15, -0.1) is 0 Å². The molecule has 226 valence electrons. The summed E-state index contributed by atoms with van der Waals surface area (Å²) in [5.74, 6) is 2.91. The van der Waals surface area contributed by atoms with Gasteiger partial charge in [0.05, 0.1) is 12.3 Å². The fraction of sp³-hybridized carbons (Fsp3) is 0.571. The third kappa shape index (κ3) is 6.09.